The number of hydrogen-bond donors (Lipinski definition) is 1. The van der Waals surface area contributed by atoms with Crippen molar-refractivity contribution in [2.45, 2.75) is 39.2 Å². The van der Waals surface area contributed by atoms with Crippen LogP contribution in [-0.2, 0) is 6.42 Å². The zero-order valence-electron chi connectivity index (χ0n) is 15.0. The van der Waals surface area contributed by atoms with Crippen molar-refractivity contribution < 1.29 is 5.11 Å². The molecule has 0 bridgehead atoms. The van der Waals surface area contributed by atoms with Crippen LogP contribution < -0.4 is 0 Å². The summed E-state index contributed by atoms with van der Waals surface area (Å²) < 4.78 is 2.66. The van der Waals surface area contributed by atoms with Crippen molar-refractivity contribution in [3.05, 3.63) is 45.0 Å². The SMILES string of the molecule is CCc1nc2sc([C@@H](c3ccc(Br)cc3)N3CCC[C@@H](C)C3)c(O)n2n1. The number of halogens is 1. The summed E-state index contributed by atoms with van der Waals surface area (Å²) in [7, 11) is 0. The van der Waals surface area contributed by atoms with Crippen LogP contribution in [0.2, 0.25) is 0 Å². The highest BCUT2D eigenvalue weighted by molar-refractivity contribution is 9.10. The average molecular weight is 435 g/mol. The first-order valence-electron chi connectivity index (χ1n) is 9.13. The number of hydrogen-bond acceptors (Lipinski definition) is 5. The fraction of sp³-hybridized carbons (Fsp3) is 0.474. The maximum absolute atomic E-state index is 10.9. The molecule has 1 aliphatic heterocycles. The van der Waals surface area contributed by atoms with E-state index in [-0.39, 0.29) is 11.9 Å². The molecule has 3 heterocycles. The largest absolute Gasteiger partial charge is 0.492 e. The van der Waals surface area contributed by atoms with Crippen LogP contribution in [0.5, 0.6) is 5.88 Å². The number of aromatic hydroxyl groups is 1. The maximum atomic E-state index is 10.9. The van der Waals surface area contributed by atoms with Gasteiger partial charge in [0.2, 0.25) is 10.8 Å². The molecule has 1 aliphatic rings. The first-order valence-corrected chi connectivity index (χ1v) is 10.7. The number of benzene rings is 1. The molecule has 26 heavy (non-hydrogen) atoms. The Labute approximate surface area is 165 Å². The van der Waals surface area contributed by atoms with E-state index in [0.717, 1.165) is 39.6 Å². The second kappa shape index (κ2) is 7.29. The molecule has 0 saturated carbocycles. The molecule has 0 amide bonds. The zero-order valence-corrected chi connectivity index (χ0v) is 17.4. The van der Waals surface area contributed by atoms with Gasteiger partial charge in [0.15, 0.2) is 5.82 Å². The van der Waals surface area contributed by atoms with Crippen LogP contribution in [0.4, 0.5) is 0 Å². The fourth-order valence-corrected chi connectivity index (χ4v) is 5.15. The Morgan fingerprint density at radius 2 is 2.12 bits per heavy atom. The highest BCUT2D eigenvalue weighted by Crippen LogP contribution is 2.41. The van der Waals surface area contributed by atoms with Crippen molar-refractivity contribution in [1.29, 1.82) is 0 Å². The number of piperidine rings is 1. The van der Waals surface area contributed by atoms with Crippen molar-refractivity contribution in [3.8, 4) is 5.88 Å². The van der Waals surface area contributed by atoms with E-state index in [4.69, 9.17) is 0 Å². The summed E-state index contributed by atoms with van der Waals surface area (Å²) in [6.45, 7) is 6.41. The molecule has 0 unspecified atom stereocenters. The van der Waals surface area contributed by atoms with E-state index in [1.165, 1.54) is 18.4 Å². The molecule has 1 aromatic carbocycles. The third kappa shape index (κ3) is 3.28. The van der Waals surface area contributed by atoms with Gasteiger partial charge in [-0.15, -0.1) is 5.10 Å². The van der Waals surface area contributed by atoms with Crippen LogP contribution in [0.25, 0.3) is 4.96 Å². The molecular formula is C19H23BrN4OS. The number of rotatable bonds is 4. The molecule has 1 fully saturated rings. The average Bonchev–Trinajstić information content (AvgIpc) is 3.17. The minimum absolute atomic E-state index is 0.0319. The van der Waals surface area contributed by atoms with Crippen molar-refractivity contribution in [1.82, 2.24) is 19.5 Å². The van der Waals surface area contributed by atoms with Crippen LogP contribution >= 0.6 is 27.3 Å². The molecule has 1 N–H and O–H groups in total. The molecule has 0 aliphatic carbocycles. The fourth-order valence-electron chi connectivity index (χ4n) is 3.75. The van der Waals surface area contributed by atoms with Crippen LogP contribution in [0.1, 0.15) is 49.0 Å². The summed E-state index contributed by atoms with van der Waals surface area (Å²) in [5.41, 5.74) is 1.19. The van der Waals surface area contributed by atoms with E-state index in [1.807, 2.05) is 6.92 Å². The lowest BCUT2D eigenvalue weighted by molar-refractivity contribution is 0.149. The van der Waals surface area contributed by atoms with E-state index in [2.05, 4.69) is 62.1 Å². The van der Waals surface area contributed by atoms with Gasteiger partial charge in [0.1, 0.15) is 0 Å². The summed E-state index contributed by atoms with van der Waals surface area (Å²) in [5, 5.41) is 15.4. The van der Waals surface area contributed by atoms with Gasteiger partial charge in [-0.3, -0.25) is 4.90 Å². The van der Waals surface area contributed by atoms with Crippen LogP contribution in [0, 0.1) is 5.92 Å². The van der Waals surface area contributed by atoms with Gasteiger partial charge in [0.25, 0.3) is 0 Å². The number of nitrogens with zero attached hydrogens (tertiary/aromatic N) is 4. The molecule has 5 nitrogen and oxygen atoms in total. The quantitative estimate of drug-likeness (QED) is 0.649. The second-order valence-corrected chi connectivity index (χ2v) is 8.99. The van der Waals surface area contributed by atoms with Crippen LogP contribution in [-0.4, -0.2) is 37.7 Å². The number of aryl methyl sites for hydroxylation is 1. The molecule has 2 atom stereocenters. The van der Waals surface area contributed by atoms with E-state index in [0.29, 0.717) is 5.92 Å². The topological polar surface area (TPSA) is 53.7 Å². The Balaban J connectivity index is 1.80. The summed E-state index contributed by atoms with van der Waals surface area (Å²) in [6.07, 6.45) is 3.23. The number of fused-ring (bicyclic) bond motifs is 1. The lowest BCUT2D eigenvalue weighted by Crippen LogP contribution is -2.37. The minimum atomic E-state index is 0.0319. The van der Waals surface area contributed by atoms with E-state index in [9.17, 15) is 5.11 Å². The third-order valence-electron chi connectivity index (χ3n) is 5.05. The Morgan fingerprint density at radius 3 is 2.77 bits per heavy atom. The first kappa shape index (κ1) is 17.9. The smallest absolute Gasteiger partial charge is 0.230 e. The lowest BCUT2D eigenvalue weighted by Gasteiger charge is -2.37. The monoisotopic (exact) mass is 434 g/mol. The molecule has 4 rings (SSSR count). The third-order valence-corrected chi connectivity index (χ3v) is 6.65. The van der Waals surface area contributed by atoms with Gasteiger partial charge in [-0.2, -0.15) is 4.52 Å². The predicted octanol–water partition coefficient (Wildman–Crippen LogP) is 4.64. The molecule has 0 radical (unpaired) electrons. The van der Waals surface area contributed by atoms with Gasteiger partial charge < -0.3 is 5.11 Å². The Morgan fingerprint density at radius 1 is 1.35 bits per heavy atom. The van der Waals surface area contributed by atoms with Crippen molar-refractivity contribution in [2.24, 2.45) is 5.92 Å². The van der Waals surface area contributed by atoms with Crippen LogP contribution in [0.15, 0.2) is 28.7 Å². The van der Waals surface area contributed by atoms with Crippen molar-refractivity contribution >= 4 is 32.2 Å². The van der Waals surface area contributed by atoms with E-state index in [1.54, 1.807) is 15.9 Å². The van der Waals surface area contributed by atoms with Gasteiger partial charge in [0, 0.05) is 17.4 Å². The lowest BCUT2D eigenvalue weighted by atomic mass is 9.95. The summed E-state index contributed by atoms with van der Waals surface area (Å²) in [4.78, 5) is 8.73. The number of likely N-dealkylation sites (tertiary alicyclic amines) is 1. The van der Waals surface area contributed by atoms with Gasteiger partial charge in [0.05, 0.1) is 10.9 Å². The zero-order chi connectivity index (χ0) is 18.3. The standard InChI is InChI=1S/C19H23BrN4OS/c1-3-15-21-19-24(22-15)18(25)17(26-19)16(13-6-8-14(20)9-7-13)23-10-4-5-12(2)11-23/h6-9,12,16,25H,3-5,10-11H2,1-2H3/t12-,16-/m1/s1. The molecule has 138 valence electrons. The highest BCUT2D eigenvalue weighted by atomic mass is 79.9. The molecule has 1 saturated heterocycles. The minimum Gasteiger partial charge on any atom is -0.492 e. The van der Waals surface area contributed by atoms with Gasteiger partial charge in [-0.1, -0.05) is 53.2 Å². The predicted molar refractivity (Wildman–Crippen MR) is 108 cm³/mol. The van der Waals surface area contributed by atoms with Crippen molar-refractivity contribution in [2.75, 3.05) is 13.1 Å². The van der Waals surface area contributed by atoms with E-state index >= 15 is 0 Å². The summed E-state index contributed by atoms with van der Waals surface area (Å²) in [6, 6.07) is 8.45. The Kier molecular flexibility index (Phi) is 5.03. The van der Waals surface area contributed by atoms with Gasteiger partial charge in [-0.25, -0.2) is 4.98 Å². The summed E-state index contributed by atoms with van der Waals surface area (Å²) >= 11 is 5.07. The molecule has 0 spiro atoms. The normalized spacial score (nSPS) is 19.9. The Bertz CT molecular complexity index is 904. The van der Waals surface area contributed by atoms with Gasteiger partial charge >= 0.3 is 0 Å². The number of aromatic nitrogens is 3. The number of thiazole rings is 1. The van der Waals surface area contributed by atoms with E-state index < -0.39 is 0 Å². The molecular weight excluding hydrogens is 412 g/mol. The molecule has 7 heteroatoms. The Hall–Kier alpha value is -1.44. The van der Waals surface area contributed by atoms with Gasteiger partial charge in [-0.05, 0) is 43.0 Å². The van der Waals surface area contributed by atoms with Crippen LogP contribution in [0.3, 0.4) is 0 Å². The molecule has 3 aromatic rings. The van der Waals surface area contributed by atoms with Crippen molar-refractivity contribution in [3.63, 3.8) is 0 Å². The highest BCUT2D eigenvalue weighted by Gasteiger charge is 2.31. The maximum Gasteiger partial charge on any atom is 0.230 e. The second-order valence-electron chi connectivity index (χ2n) is 7.06. The molecule has 2 aromatic heterocycles. The summed E-state index contributed by atoms with van der Waals surface area (Å²) in [5.74, 6) is 1.66. The first-order chi connectivity index (χ1) is 12.6.